The molecule has 0 saturated heterocycles. The molecule has 0 aliphatic heterocycles. The molecule has 118 valence electrons. The number of rotatable bonds is 9. The van der Waals surface area contributed by atoms with Crippen molar-refractivity contribution in [2.45, 2.75) is 44.3 Å². The molecule has 5 heteroatoms. The average Bonchev–Trinajstić information content (AvgIpc) is 2.45. The Bertz CT molecular complexity index is 430. The fourth-order valence-corrected chi connectivity index (χ4v) is 3.69. The van der Waals surface area contributed by atoms with Crippen LogP contribution in [0.4, 0.5) is 13.2 Å². The molecule has 0 heterocycles. The van der Waals surface area contributed by atoms with Crippen molar-refractivity contribution in [3.8, 4) is 0 Å². The van der Waals surface area contributed by atoms with E-state index in [1.54, 1.807) is 0 Å². The van der Waals surface area contributed by atoms with Gasteiger partial charge in [-0.3, -0.25) is 0 Å². The lowest BCUT2D eigenvalue weighted by Gasteiger charge is -2.07. The maximum atomic E-state index is 12.6. The highest BCUT2D eigenvalue weighted by molar-refractivity contribution is 6.53. The van der Waals surface area contributed by atoms with Gasteiger partial charge in [-0.25, -0.2) is 0 Å². The van der Waals surface area contributed by atoms with E-state index in [2.05, 4.69) is 12.2 Å². The van der Waals surface area contributed by atoms with Crippen molar-refractivity contribution in [3.63, 3.8) is 0 Å². The number of halogens is 4. The van der Waals surface area contributed by atoms with Crippen LogP contribution in [0, 0.1) is 0 Å². The number of unbranched alkanes of at least 4 members (excludes halogenated alkanes) is 4. The van der Waals surface area contributed by atoms with Crippen molar-refractivity contribution in [2.24, 2.45) is 0 Å². The Kier molecular flexibility index (Phi) is 8.77. The summed E-state index contributed by atoms with van der Waals surface area (Å²) in [5.74, 6) is 0.735. The summed E-state index contributed by atoms with van der Waals surface area (Å²) in [4.78, 5) is 0. The number of hydrogen-bond donors (Lipinski definition) is 0. The lowest BCUT2D eigenvalue weighted by Crippen LogP contribution is -2.16. The van der Waals surface area contributed by atoms with Crippen molar-refractivity contribution in [2.75, 3.05) is 5.88 Å². The van der Waals surface area contributed by atoms with Crippen molar-refractivity contribution >= 4 is 26.3 Å². The standard InChI is InChI=1S/C16H22ClF3Si/c17-11-6-4-2-1-3-5-7-12-21-15-10-8-9-14(13-15)16(18,19)20/h5,7-10,13H,1-4,6,11-12,21H2. The van der Waals surface area contributed by atoms with Crippen LogP contribution in [0.15, 0.2) is 36.4 Å². The predicted molar refractivity (Wildman–Crippen MR) is 87.4 cm³/mol. The van der Waals surface area contributed by atoms with E-state index >= 15 is 0 Å². The first-order valence-electron chi connectivity index (χ1n) is 7.41. The van der Waals surface area contributed by atoms with E-state index in [-0.39, 0.29) is 0 Å². The van der Waals surface area contributed by atoms with Gasteiger partial charge in [0.15, 0.2) is 0 Å². The van der Waals surface area contributed by atoms with Crippen molar-refractivity contribution in [1.82, 2.24) is 0 Å². The zero-order valence-corrected chi connectivity index (χ0v) is 14.3. The summed E-state index contributed by atoms with van der Waals surface area (Å²) in [5.41, 5.74) is -0.532. The highest BCUT2D eigenvalue weighted by Crippen LogP contribution is 2.28. The highest BCUT2D eigenvalue weighted by atomic mass is 35.5. The van der Waals surface area contributed by atoms with Gasteiger partial charge in [-0.15, -0.1) is 11.6 Å². The number of benzene rings is 1. The second kappa shape index (κ2) is 10.1. The Labute approximate surface area is 132 Å². The summed E-state index contributed by atoms with van der Waals surface area (Å²) >= 11 is 5.60. The third-order valence-electron chi connectivity index (χ3n) is 3.28. The molecule has 0 fully saturated rings. The molecule has 0 amide bonds. The molecule has 0 radical (unpaired) electrons. The van der Waals surface area contributed by atoms with Crippen LogP contribution in [-0.4, -0.2) is 15.4 Å². The molecule has 0 saturated carbocycles. The minimum atomic E-state index is -4.23. The molecule has 0 aliphatic rings. The Morgan fingerprint density at radius 3 is 2.52 bits per heavy atom. The molecule has 0 spiro atoms. The monoisotopic (exact) mass is 334 g/mol. The van der Waals surface area contributed by atoms with Crippen LogP contribution < -0.4 is 5.19 Å². The molecular weight excluding hydrogens is 313 g/mol. The van der Waals surface area contributed by atoms with Crippen LogP contribution in [-0.2, 0) is 6.18 Å². The molecule has 0 atom stereocenters. The van der Waals surface area contributed by atoms with E-state index in [9.17, 15) is 13.2 Å². The molecule has 0 unspecified atom stereocenters. The third-order valence-corrected chi connectivity index (χ3v) is 5.18. The smallest absolute Gasteiger partial charge is 0.166 e. The van der Waals surface area contributed by atoms with E-state index in [0.717, 1.165) is 36.0 Å². The van der Waals surface area contributed by atoms with E-state index in [0.29, 0.717) is 0 Å². The third kappa shape index (κ3) is 8.32. The zero-order valence-electron chi connectivity index (χ0n) is 12.1. The normalized spacial score (nSPS) is 12.8. The van der Waals surface area contributed by atoms with Crippen LogP contribution in [0.5, 0.6) is 0 Å². The molecule has 21 heavy (non-hydrogen) atoms. The highest BCUT2D eigenvalue weighted by Gasteiger charge is 2.30. The topological polar surface area (TPSA) is 0 Å². The molecular formula is C16H22ClF3Si. The molecule has 0 aliphatic carbocycles. The van der Waals surface area contributed by atoms with E-state index < -0.39 is 21.3 Å². The molecule has 1 aromatic rings. The molecule has 0 nitrogen and oxygen atoms in total. The summed E-state index contributed by atoms with van der Waals surface area (Å²) < 4.78 is 37.7. The fraction of sp³-hybridized carbons (Fsp3) is 0.500. The summed E-state index contributed by atoms with van der Waals surface area (Å²) in [6.07, 6.45) is 5.71. The second-order valence-corrected chi connectivity index (χ2v) is 7.37. The van der Waals surface area contributed by atoms with Crippen LogP contribution in [0.3, 0.4) is 0 Å². The second-order valence-electron chi connectivity index (χ2n) is 5.10. The lowest BCUT2D eigenvalue weighted by atomic mass is 10.1. The molecule has 0 aromatic heterocycles. The van der Waals surface area contributed by atoms with E-state index in [4.69, 9.17) is 11.6 Å². The number of allylic oxidation sites excluding steroid dienone is 2. The van der Waals surface area contributed by atoms with Crippen molar-refractivity contribution in [3.05, 3.63) is 42.0 Å². The van der Waals surface area contributed by atoms with E-state index in [1.165, 1.54) is 31.4 Å². The first kappa shape index (κ1) is 18.3. The minimum Gasteiger partial charge on any atom is -0.166 e. The molecule has 0 bridgehead atoms. The largest absolute Gasteiger partial charge is 0.416 e. The zero-order chi connectivity index (χ0) is 15.6. The van der Waals surface area contributed by atoms with Crippen molar-refractivity contribution in [1.29, 1.82) is 0 Å². The number of hydrogen-bond acceptors (Lipinski definition) is 0. The quantitative estimate of drug-likeness (QED) is 0.266. The van der Waals surface area contributed by atoms with Crippen molar-refractivity contribution < 1.29 is 13.2 Å². The fourth-order valence-electron chi connectivity index (χ4n) is 2.10. The predicted octanol–water partition coefficient (Wildman–Crippen LogP) is 4.66. The van der Waals surface area contributed by atoms with Gasteiger partial charge < -0.3 is 0 Å². The van der Waals surface area contributed by atoms with Gasteiger partial charge in [0.05, 0.1) is 15.1 Å². The first-order valence-corrected chi connectivity index (χ1v) is 9.65. The van der Waals surface area contributed by atoms with Gasteiger partial charge in [-0.05, 0) is 25.3 Å². The maximum Gasteiger partial charge on any atom is 0.416 e. The van der Waals surface area contributed by atoms with Crippen LogP contribution >= 0.6 is 11.6 Å². The van der Waals surface area contributed by atoms with Crippen LogP contribution in [0.25, 0.3) is 0 Å². The summed E-state index contributed by atoms with van der Waals surface area (Å²) in [7, 11) is -0.643. The van der Waals surface area contributed by atoms with Gasteiger partial charge in [0.1, 0.15) is 0 Å². The number of alkyl halides is 4. The lowest BCUT2D eigenvalue weighted by molar-refractivity contribution is -0.137. The Morgan fingerprint density at radius 1 is 1.05 bits per heavy atom. The van der Waals surface area contributed by atoms with Gasteiger partial charge in [0.2, 0.25) is 0 Å². The summed E-state index contributed by atoms with van der Waals surface area (Å²) in [6, 6.07) is 6.66. The Balaban J connectivity index is 2.23. The van der Waals surface area contributed by atoms with Crippen LogP contribution in [0.2, 0.25) is 6.04 Å². The van der Waals surface area contributed by atoms with E-state index in [1.807, 2.05) is 6.07 Å². The first-order chi connectivity index (χ1) is 10.0. The van der Waals surface area contributed by atoms with Gasteiger partial charge in [-0.2, -0.15) is 13.2 Å². The summed E-state index contributed by atoms with van der Waals surface area (Å²) in [6.45, 7) is 0. The Morgan fingerprint density at radius 2 is 1.81 bits per heavy atom. The summed E-state index contributed by atoms with van der Waals surface area (Å²) in [5, 5.41) is 0.872. The van der Waals surface area contributed by atoms with Gasteiger partial charge in [0.25, 0.3) is 0 Å². The Hall–Kier alpha value is -0.743. The molecule has 1 aromatic carbocycles. The average molecular weight is 335 g/mol. The minimum absolute atomic E-state index is 0.532. The van der Waals surface area contributed by atoms with Gasteiger partial charge >= 0.3 is 6.18 Å². The molecule has 1 rings (SSSR count). The van der Waals surface area contributed by atoms with Crippen LogP contribution in [0.1, 0.15) is 37.7 Å². The SMILES string of the molecule is FC(F)(F)c1cccc([SiH2]CC=CCCCCCCCl)c1. The maximum absolute atomic E-state index is 12.6. The van der Waals surface area contributed by atoms with Gasteiger partial charge in [0, 0.05) is 5.88 Å². The van der Waals surface area contributed by atoms with Gasteiger partial charge in [-0.1, -0.05) is 54.4 Å². The molecule has 0 N–H and O–H groups in total.